The van der Waals surface area contributed by atoms with Crippen LogP contribution in [0.3, 0.4) is 0 Å². The predicted molar refractivity (Wildman–Crippen MR) is 77.1 cm³/mol. The van der Waals surface area contributed by atoms with E-state index in [0.717, 1.165) is 11.1 Å². The fourth-order valence-corrected chi connectivity index (χ4v) is 2.59. The van der Waals surface area contributed by atoms with Gasteiger partial charge in [-0.25, -0.2) is 0 Å². The highest BCUT2D eigenvalue weighted by molar-refractivity contribution is 9.09. The van der Waals surface area contributed by atoms with Crippen molar-refractivity contribution >= 4 is 15.9 Å². The Labute approximate surface area is 122 Å². The molecule has 1 aromatic rings. The lowest BCUT2D eigenvalue weighted by Crippen LogP contribution is -2.14. The second-order valence-electron chi connectivity index (χ2n) is 4.78. The van der Waals surface area contributed by atoms with E-state index in [1.807, 2.05) is 12.1 Å². The minimum atomic E-state index is 0.306. The van der Waals surface area contributed by atoms with Crippen LogP contribution in [0.4, 0.5) is 0 Å². The first-order chi connectivity index (χ1) is 9.18. The molecule has 5 heteroatoms. The molecule has 19 heavy (non-hydrogen) atoms. The van der Waals surface area contributed by atoms with Gasteiger partial charge in [-0.3, -0.25) is 0 Å². The van der Waals surface area contributed by atoms with E-state index in [9.17, 15) is 0 Å². The highest BCUT2D eigenvalue weighted by Crippen LogP contribution is 2.48. The molecule has 4 nitrogen and oxygen atoms in total. The number of alkyl halides is 1. The molecule has 1 aromatic carbocycles. The maximum atomic E-state index is 5.86. The van der Waals surface area contributed by atoms with Crippen LogP contribution in [0.1, 0.15) is 12.8 Å². The van der Waals surface area contributed by atoms with Gasteiger partial charge in [-0.2, -0.15) is 0 Å². The van der Waals surface area contributed by atoms with Gasteiger partial charge in [-0.1, -0.05) is 15.9 Å². The van der Waals surface area contributed by atoms with Gasteiger partial charge in [0.15, 0.2) is 11.5 Å². The van der Waals surface area contributed by atoms with Gasteiger partial charge >= 0.3 is 0 Å². The van der Waals surface area contributed by atoms with Crippen molar-refractivity contribution in [3.05, 3.63) is 12.1 Å². The van der Waals surface area contributed by atoms with E-state index in [1.165, 1.54) is 12.8 Å². The topological polar surface area (TPSA) is 36.9 Å². The monoisotopic (exact) mass is 330 g/mol. The second-order valence-corrected chi connectivity index (χ2v) is 5.34. The average molecular weight is 331 g/mol. The van der Waals surface area contributed by atoms with Gasteiger partial charge < -0.3 is 18.9 Å². The van der Waals surface area contributed by atoms with Gasteiger partial charge in [0, 0.05) is 22.9 Å². The summed E-state index contributed by atoms with van der Waals surface area (Å²) in [5.41, 5.74) is 0.306. The van der Waals surface area contributed by atoms with Crippen molar-refractivity contribution in [3.63, 3.8) is 0 Å². The van der Waals surface area contributed by atoms with Gasteiger partial charge in [-0.15, -0.1) is 0 Å². The maximum Gasteiger partial charge on any atom is 0.203 e. The molecule has 0 aliphatic heterocycles. The van der Waals surface area contributed by atoms with E-state index in [4.69, 9.17) is 18.9 Å². The molecule has 0 atom stereocenters. The summed E-state index contributed by atoms with van der Waals surface area (Å²) in [6.07, 6.45) is 2.42. The molecule has 1 fully saturated rings. The molecule has 0 aromatic heterocycles. The van der Waals surface area contributed by atoms with Crippen LogP contribution in [-0.2, 0) is 0 Å². The second kappa shape index (κ2) is 5.90. The molecule has 0 unspecified atom stereocenters. The first kappa shape index (κ1) is 14.3. The molecular weight excluding hydrogens is 312 g/mol. The summed E-state index contributed by atoms with van der Waals surface area (Å²) < 4.78 is 21.7. The third kappa shape index (κ3) is 3.08. The molecule has 0 amide bonds. The van der Waals surface area contributed by atoms with Crippen LogP contribution in [0.25, 0.3) is 0 Å². The minimum absolute atomic E-state index is 0.306. The summed E-state index contributed by atoms with van der Waals surface area (Å²) in [5.74, 6) is 2.54. The SMILES string of the molecule is COc1cc(OCC2(CBr)CC2)cc(OC)c1OC. The summed E-state index contributed by atoms with van der Waals surface area (Å²) in [6.45, 7) is 0.705. The Balaban J connectivity index is 2.16. The van der Waals surface area contributed by atoms with Gasteiger partial charge in [0.1, 0.15) is 5.75 Å². The van der Waals surface area contributed by atoms with E-state index in [1.54, 1.807) is 21.3 Å². The summed E-state index contributed by atoms with van der Waals surface area (Å²) in [7, 11) is 4.79. The van der Waals surface area contributed by atoms with Gasteiger partial charge in [-0.05, 0) is 12.8 Å². The zero-order valence-corrected chi connectivity index (χ0v) is 13.1. The first-order valence-electron chi connectivity index (χ1n) is 6.17. The smallest absolute Gasteiger partial charge is 0.203 e. The Bertz CT molecular complexity index is 418. The predicted octanol–water partition coefficient (Wildman–Crippen LogP) is 3.27. The molecule has 0 radical (unpaired) electrons. The van der Waals surface area contributed by atoms with Crippen molar-refractivity contribution < 1.29 is 18.9 Å². The van der Waals surface area contributed by atoms with Crippen LogP contribution in [0, 0.1) is 5.41 Å². The van der Waals surface area contributed by atoms with Gasteiger partial charge in [0.2, 0.25) is 5.75 Å². The Hall–Kier alpha value is -1.10. The lowest BCUT2D eigenvalue weighted by Gasteiger charge is -2.17. The first-order valence-corrected chi connectivity index (χ1v) is 7.29. The van der Waals surface area contributed by atoms with E-state index in [-0.39, 0.29) is 0 Å². The van der Waals surface area contributed by atoms with E-state index < -0.39 is 0 Å². The Morgan fingerprint density at radius 2 is 1.63 bits per heavy atom. The largest absolute Gasteiger partial charge is 0.493 e. The highest BCUT2D eigenvalue weighted by atomic mass is 79.9. The van der Waals surface area contributed by atoms with Crippen molar-refractivity contribution in [2.24, 2.45) is 5.41 Å². The lowest BCUT2D eigenvalue weighted by molar-refractivity contribution is 0.247. The molecule has 1 saturated carbocycles. The normalized spacial score (nSPS) is 15.8. The number of rotatable bonds is 7. The van der Waals surface area contributed by atoms with Gasteiger partial charge in [0.25, 0.3) is 0 Å². The fourth-order valence-electron chi connectivity index (χ4n) is 1.87. The standard InChI is InChI=1S/C14H19BrO4/c1-16-11-6-10(7-12(17-2)13(11)18-3)19-9-14(8-15)4-5-14/h6-7H,4-5,8-9H2,1-3H3. The highest BCUT2D eigenvalue weighted by Gasteiger charge is 2.42. The van der Waals surface area contributed by atoms with Crippen LogP contribution in [0.2, 0.25) is 0 Å². The molecular formula is C14H19BrO4. The molecule has 0 N–H and O–H groups in total. The Kier molecular flexibility index (Phi) is 4.45. The van der Waals surface area contributed by atoms with Crippen LogP contribution < -0.4 is 18.9 Å². The summed E-state index contributed by atoms with van der Waals surface area (Å²) in [4.78, 5) is 0. The zero-order valence-electron chi connectivity index (χ0n) is 11.5. The van der Waals surface area contributed by atoms with Crippen LogP contribution >= 0.6 is 15.9 Å². The molecule has 1 aliphatic carbocycles. The number of ether oxygens (including phenoxy) is 4. The third-order valence-electron chi connectivity index (χ3n) is 3.42. The molecule has 0 heterocycles. The van der Waals surface area contributed by atoms with Gasteiger partial charge in [0.05, 0.1) is 27.9 Å². The zero-order chi connectivity index (χ0) is 13.9. The Morgan fingerprint density at radius 1 is 1.05 bits per heavy atom. The molecule has 0 spiro atoms. The lowest BCUT2D eigenvalue weighted by atomic mass is 10.2. The van der Waals surface area contributed by atoms with Crippen molar-refractivity contribution in [3.8, 4) is 23.0 Å². The number of methoxy groups -OCH3 is 3. The molecule has 0 saturated heterocycles. The summed E-state index contributed by atoms with van der Waals surface area (Å²) in [5, 5.41) is 0.977. The minimum Gasteiger partial charge on any atom is -0.493 e. The molecule has 2 rings (SSSR count). The Morgan fingerprint density at radius 3 is 2.00 bits per heavy atom. The van der Waals surface area contributed by atoms with Crippen LogP contribution in [0.15, 0.2) is 12.1 Å². The number of benzene rings is 1. The third-order valence-corrected chi connectivity index (χ3v) is 4.61. The average Bonchev–Trinajstić information content (AvgIpc) is 3.24. The van der Waals surface area contributed by atoms with Crippen LogP contribution in [0.5, 0.6) is 23.0 Å². The number of hydrogen-bond donors (Lipinski definition) is 0. The summed E-state index contributed by atoms with van der Waals surface area (Å²) >= 11 is 3.54. The molecule has 106 valence electrons. The fraction of sp³-hybridized carbons (Fsp3) is 0.571. The quantitative estimate of drug-likeness (QED) is 0.719. The van der Waals surface area contributed by atoms with E-state index >= 15 is 0 Å². The van der Waals surface area contributed by atoms with Crippen LogP contribution in [-0.4, -0.2) is 33.3 Å². The molecule has 0 bridgehead atoms. The van der Waals surface area contributed by atoms with Crippen molar-refractivity contribution in [2.45, 2.75) is 12.8 Å². The van der Waals surface area contributed by atoms with E-state index in [2.05, 4.69) is 15.9 Å². The number of hydrogen-bond acceptors (Lipinski definition) is 4. The molecule has 1 aliphatic rings. The number of halogens is 1. The maximum absolute atomic E-state index is 5.86. The van der Waals surface area contributed by atoms with E-state index in [0.29, 0.717) is 29.3 Å². The summed E-state index contributed by atoms with van der Waals surface area (Å²) in [6, 6.07) is 3.65. The van der Waals surface area contributed by atoms with Crippen molar-refractivity contribution in [1.82, 2.24) is 0 Å². The van der Waals surface area contributed by atoms with Crippen molar-refractivity contribution in [1.29, 1.82) is 0 Å². The van der Waals surface area contributed by atoms with Crippen molar-refractivity contribution in [2.75, 3.05) is 33.3 Å².